The second kappa shape index (κ2) is 7.47. The predicted molar refractivity (Wildman–Crippen MR) is 102 cm³/mol. The Morgan fingerprint density at radius 3 is 2.38 bits per heavy atom. The number of benzene rings is 1. The zero-order chi connectivity index (χ0) is 18.1. The molecular weight excluding hydrogens is 350 g/mol. The van der Waals surface area contributed by atoms with Crippen LogP contribution in [-0.2, 0) is 4.79 Å². The maximum atomic E-state index is 12.7. The highest BCUT2D eigenvalue weighted by Gasteiger charge is 2.42. The Morgan fingerprint density at radius 1 is 1.12 bits per heavy atom. The number of rotatable bonds is 7. The van der Waals surface area contributed by atoms with Gasteiger partial charge in [0.05, 0.1) is 12.1 Å². The van der Waals surface area contributed by atoms with E-state index in [2.05, 4.69) is 10.6 Å². The smallest absolute Gasteiger partial charge is 0.255 e. The Balaban J connectivity index is 1.39. The highest BCUT2D eigenvalue weighted by molar-refractivity contribution is 6.31. The van der Waals surface area contributed by atoms with Crippen molar-refractivity contribution in [3.8, 4) is 0 Å². The molecule has 0 atom stereocenters. The van der Waals surface area contributed by atoms with E-state index in [0.29, 0.717) is 34.2 Å². The molecule has 2 N–H and O–H groups in total. The third-order valence-electron chi connectivity index (χ3n) is 5.63. The molecule has 0 bridgehead atoms. The van der Waals surface area contributed by atoms with Gasteiger partial charge in [0.25, 0.3) is 5.91 Å². The second-order valence-electron chi connectivity index (χ2n) is 7.81. The van der Waals surface area contributed by atoms with Gasteiger partial charge in [0, 0.05) is 29.8 Å². The van der Waals surface area contributed by atoms with Crippen LogP contribution in [0.4, 0.5) is 5.69 Å². The van der Waals surface area contributed by atoms with Gasteiger partial charge in [-0.2, -0.15) is 0 Å². The largest absolute Gasteiger partial charge is 0.375 e. The molecule has 3 fully saturated rings. The normalized spacial score (nSPS) is 19.7. The molecule has 2 amide bonds. The van der Waals surface area contributed by atoms with Crippen LogP contribution in [0, 0.1) is 11.8 Å². The van der Waals surface area contributed by atoms with Crippen LogP contribution in [0.2, 0.25) is 5.02 Å². The molecule has 140 valence electrons. The van der Waals surface area contributed by atoms with E-state index in [4.69, 9.17) is 11.6 Å². The minimum Gasteiger partial charge on any atom is -0.375 e. The van der Waals surface area contributed by atoms with Crippen molar-refractivity contribution in [2.75, 3.05) is 25.0 Å². The number of nitrogens with one attached hydrogen (secondary N) is 2. The number of anilines is 1. The van der Waals surface area contributed by atoms with E-state index in [9.17, 15) is 9.59 Å². The molecule has 0 aromatic heterocycles. The summed E-state index contributed by atoms with van der Waals surface area (Å²) in [5, 5.41) is 6.89. The maximum Gasteiger partial charge on any atom is 0.255 e. The fraction of sp³-hybridized carbons (Fsp3) is 0.600. The number of hydrogen-bond donors (Lipinski definition) is 2. The summed E-state index contributed by atoms with van der Waals surface area (Å²) in [4.78, 5) is 27.0. The van der Waals surface area contributed by atoms with Gasteiger partial charge >= 0.3 is 0 Å². The van der Waals surface area contributed by atoms with Gasteiger partial charge in [0.15, 0.2) is 0 Å². The Morgan fingerprint density at radius 2 is 1.77 bits per heavy atom. The molecule has 2 aliphatic carbocycles. The van der Waals surface area contributed by atoms with Crippen LogP contribution in [0.5, 0.6) is 0 Å². The van der Waals surface area contributed by atoms with Gasteiger partial charge in [0.2, 0.25) is 5.91 Å². The zero-order valence-electron chi connectivity index (χ0n) is 15.0. The molecule has 5 nitrogen and oxygen atoms in total. The first-order valence-electron chi connectivity index (χ1n) is 9.74. The van der Waals surface area contributed by atoms with E-state index in [0.717, 1.165) is 25.9 Å². The third-order valence-corrected chi connectivity index (χ3v) is 5.87. The van der Waals surface area contributed by atoms with Gasteiger partial charge in [-0.1, -0.05) is 11.6 Å². The second-order valence-corrected chi connectivity index (χ2v) is 8.25. The van der Waals surface area contributed by atoms with Crippen LogP contribution in [0.1, 0.15) is 48.9 Å². The molecule has 2 saturated carbocycles. The summed E-state index contributed by atoms with van der Waals surface area (Å²) in [6, 6.07) is 5.55. The van der Waals surface area contributed by atoms with Gasteiger partial charge in [-0.05, 0) is 68.6 Å². The lowest BCUT2D eigenvalue weighted by Crippen LogP contribution is -2.41. The van der Waals surface area contributed by atoms with Crippen LogP contribution < -0.4 is 10.6 Å². The lowest BCUT2D eigenvalue weighted by Gasteiger charge is -2.20. The quantitative estimate of drug-likeness (QED) is 0.768. The molecule has 1 aliphatic heterocycles. The SMILES string of the molecule is O=C(CNc1cc(Cl)ccc1C(=O)N1CCCC1)NC(C1CC1)C1CC1. The monoisotopic (exact) mass is 375 g/mol. The molecule has 1 aromatic rings. The minimum absolute atomic E-state index is 0.00616. The van der Waals surface area contributed by atoms with E-state index >= 15 is 0 Å². The fourth-order valence-corrected chi connectivity index (χ4v) is 4.06. The van der Waals surface area contributed by atoms with E-state index in [-0.39, 0.29) is 18.4 Å². The first-order valence-corrected chi connectivity index (χ1v) is 10.1. The number of carbonyl (C=O) groups is 2. The van der Waals surface area contributed by atoms with Crippen LogP contribution in [-0.4, -0.2) is 42.4 Å². The Kier molecular flexibility index (Phi) is 5.07. The summed E-state index contributed by atoms with van der Waals surface area (Å²) < 4.78 is 0. The summed E-state index contributed by atoms with van der Waals surface area (Å²) >= 11 is 6.12. The summed E-state index contributed by atoms with van der Waals surface area (Å²) in [5.74, 6) is 1.35. The molecule has 0 spiro atoms. The van der Waals surface area contributed by atoms with Gasteiger partial charge in [-0.25, -0.2) is 0 Å². The number of carbonyl (C=O) groups excluding carboxylic acids is 2. The van der Waals surface area contributed by atoms with Crippen LogP contribution >= 0.6 is 11.6 Å². The summed E-state index contributed by atoms with van der Waals surface area (Å²) in [5.41, 5.74) is 1.23. The molecule has 0 unspecified atom stereocenters. The first kappa shape index (κ1) is 17.7. The molecule has 4 rings (SSSR count). The summed E-state index contributed by atoms with van der Waals surface area (Å²) in [6.07, 6.45) is 7.03. The Bertz CT molecular complexity index is 682. The molecule has 1 aromatic carbocycles. The van der Waals surface area contributed by atoms with Crippen molar-refractivity contribution in [2.45, 2.75) is 44.6 Å². The highest BCUT2D eigenvalue weighted by atomic mass is 35.5. The first-order chi connectivity index (χ1) is 12.6. The average molecular weight is 376 g/mol. The van der Waals surface area contributed by atoms with Gasteiger partial charge in [-0.15, -0.1) is 0 Å². The van der Waals surface area contributed by atoms with Crippen molar-refractivity contribution in [3.63, 3.8) is 0 Å². The lowest BCUT2D eigenvalue weighted by molar-refractivity contribution is -0.120. The molecule has 1 saturated heterocycles. The molecule has 0 radical (unpaired) electrons. The molecule has 3 aliphatic rings. The van der Waals surface area contributed by atoms with Crippen molar-refractivity contribution in [1.29, 1.82) is 0 Å². The summed E-state index contributed by atoms with van der Waals surface area (Å²) in [6.45, 7) is 1.76. The number of hydrogen-bond acceptors (Lipinski definition) is 3. The third kappa shape index (κ3) is 4.14. The number of nitrogens with zero attached hydrogens (tertiary/aromatic N) is 1. The standard InChI is InChI=1S/C20H26ClN3O2/c21-15-7-8-16(20(26)24-9-1-2-10-24)17(11-15)22-12-18(25)23-19(13-3-4-13)14-5-6-14/h7-8,11,13-14,19,22H,1-6,9-10,12H2,(H,23,25). The topological polar surface area (TPSA) is 61.4 Å². The van der Waals surface area contributed by atoms with Crippen molar-refractivity contribution in [3.05, 3.63) is 28.8 Å². The number of halogens is 1. The highest BCUT2D eigenvalue weighted by Crippen LogP contribution is 2.44. The predicted octanol–water partition coefficient (Wildman–Crippen LogP) is 3.29. The van der Waals surface area contributed by atoms with Gasteiger partial charge in [0.1, 0.15) is 0 Å². The van der Waals surface area contributed by atoms with Crippen LogP contribution in [0.3, 0.4) is 0 Å². The minimum atomic E-state index is -0.00616. The van der Waals surface area contributed by atoms with Crippen molar-refractivity contribution in [2.24, 2.45) is 11.8 Å². The number of likely N-dealkylation sites (tertiary alicyclic amines) is 1. The van der Waals surface area contributed by atoms with Crippen molar-refractivity contribution in [1.82, 2.24) is 10.2 Å². The van der Waals surface area contributed by atoms with Crippen LogP contribution in [0.15, 0.2) is 18.2 Å². The number of amides is 2. The van der Waals surface area contributed by atoms with Gasteiger partial charge < -0.3 is 15.5 Å². The van der Waals surface area contributed by atoms with E-state index in [1.807, 2.05) is 4.90 Å². The molecular formula is C20H26ClN3O2. The van der Waals surface area contributed by atoms with E-state index in [1.165, 1.54) is 25.7 Å². The zero-order valence-corrected chi connectivity index (χ0v) is 15.7. The van der Waals surface area contributed by atoms with Crippen molar-refractivity contribution < 1.29 is 9.59 Å². The Hall–Kier alpha value is -1.75. The lowest BCUT2D eigenvalue weighted by atomic mass is 10.1. The fourth-order valence-electron chi connectivity index (χ4n) is 3.88. The van der Waals surface area contributed by atoms with E-state index in [1.54, 1.807) is 18.2 Å². The van der Waals surface area contributed by atoms with Crippen molar-refractivity contribution >= 4 is 29.1 Å². The van der Waals surface area contributed by atoms with Gasteiger partial charge in [-0.3, -0.25) is 9.59 Å². The molecule has 1 heterocycles. The van der Waals surface area contributed by atoms with Crippen LogP contribution in [0.25, 0.3) is 0 Å². The molecule has 26 heavy (non-hydrogen) atoms. The summed E-state index contributed by atoms with van der Waals surface area (Å²) in [7, 11) is 0. The maximum absolute atomic E-state index is 12.7. The average Bonchev–Trinajstić information content (AvgIpc) is 3.57. The van der Waals surface area contributed by atoms with E-state index < -0.39 is 0 Å². The Labute approximate surface area is 159 Å². The molecule has 6 heteroatoms.